The largest absolute Gasteiger partial charge is 0.326 e. The number of hydrogen-bond acceptors (Lipinski definition) is 2. The second kappa shape index (κ2) is 5.78. The number of nitrogens with two attached hydrogens (primary N) is 1. The zero-order valence-electron chi connectivity index (χ0n) is 9.03. The quantitative estimate of drug-likeness (QED) is 0.743. The molecule has 0 aromatic heterocycles. The van der Waals surface area contributed by atoms with E-state index in [2.05, 4.69) is 43.4 Å². The summed E-state index contributed by atoms with van der Waals surface area (Å²) in [7, 11) is 0. The van der Waals surface area contributed by atoms with Gasteiger partial charge in [-0.25, -0.2) is 0 Å². The van der Waals surface area contributed by atoms with Crippen LogP contribution in [0.25, 0.3) is 0 Å². The lowest BCUT2D eigenvalue weighted by Crippen LogP contribution is -2.38. The molecule has 0 aliphatic rings. The summed E-state index contributed by atoms with van der Waals surface area (Å²) in [6.07, 6.45) is 0.945. The van der Waals surface area contributed by atoms with Crippen molar-refractivity contribution >= 4 is 0 Å². The van der Waals surface area contributed by atoms with Gasteiger partial charge in [0.15, 0.2) is 0 Å². The fourth-order valence-electron chi connectivity index (χ4n) is 1.38. The summed E-state index contributed by atoms with van der Waals surface area (Å²) in [4.78, 5) is 0. The van der Waals surface area contributed by atoms with Gasteiger partial charge in [-0.3, -0.25) is 0 Å². The van der Waals surface area contributed by atoms with Crippen molar-refractivity contribution in [2.45, 2.75) is 32.4 Å². The molecule has 0 saturated heterocycles. The first-order valence-corrected chi connectivity index (χ1v) is 5.21. The van der Waals surface area contributed by atoms with Crippen LogP contribution in [0.2, 0.25) is 0 Å². The Morgan fingerprint density at radius 3 is 2.43 bits per heavy atom. The summed E-state index contributed by atoms with van der Waals surface area (Å²) in [6, 6.07) is 11.1. The van der Waals surface area contributed by atoms with Gasteiger partial charge in [-0.15, -0.1) is 0 Å². The molecule has 0 radical (unpaired) electrons. The highest BCUT2D eigenvalue weighted by Crippen LogP contribution is 2.01. The van der Waals surface area contributed by atoms with Gasteiger partial charge in [0, 0.05) is 18.6 Å². The molecule has 0 bridgehead atoms. The normalized spacial score (nSPS) is 13.1. The molecule has 0 amide bonds. The van der Waals surface area contributed by atoms with Crippen molar-refractivity contribution in [3.05, 3.63) is 35.9 Å². The van der Waals surface area contributed by atoms with E-state index in [1.54, 1.807) is 0 Å². The van der Waals surface area contributed by atoms with E-state index in [4.69, 9.17) is 5.73 Å². The monoisotopic (exact) mass is 192 g/mol. The molecule has 0 saturated carbocycles. The zero-order chi connectivity index (χ0) is 10.4. The van der Waals surface area contributed by atoms with Gasteiger partial charge in [0.05, 0.1) is 0 Å². The predicted molar refractivity (Wildman–Crippen MR) is 61.3 cm³/mol. The lowest BCUT2D eigenvalue weighted by molar-refractivity contribution is 0.523. The first-order valence-electron chi connectivity index (χ1n) is 5.21. The SMILES string of the molecule is CC(C)NCC(N)Cc1ccccc1. The molecule has 0 heterocycles. The summed E-state index contributed by atoms with van der Waals surface area (Å²) in [5.74, 6) is 0. The van der Waals surface area contributed by atoms with Crippen LogP contribution in [0.5, 0.6) is 0 Å². The first-order chi connectivity index (χ1) is 6.68. The molecular formula is C12H20N2. The van der Waals surface area contributed by atoms with Crippen molar-refractivity contribution in [3.8, 4) is 0 Å². The minimum atomic E-state index is 0.208. The Bertz CT molecular complexity index is 244. The van der Waals surface area contributed by atoms with E-state index in [1.165, 1.54) is 5.56 Å². The van der Waals surface area contributed by atoms with Gasteiger partial charge in [0.2, 0.25) is 0 Å². The fourth-order valence-corrected chi connectivity index (χ4v) is 1.38. The Morgan fingerprint density at radius 2 is 1.86 bits per heavy atom. The molecule has 78 valence electrons. The smallest absolute Gasteiger partial charge is 0.0206 e. The van der Waals surface area contributed by atoms with Crippen molar-refractivity contribution in [2.75, 3.05) is 6.54 Å². The van der Waals surface area contributed by atoms with Crippen molar-refractivity contribution in [2.24, 2.45) is 5.73 Å². The van der Waals surface area contributed by atoms with E-state index in [1.807, 2.05) is 6.07 Å². The second-order valence-corrected chi connectivity index (χ2v) is 4.01. The molecule has 0 aliphatic carbocycles. The molecule has 2 heteroatoms. The Balaban J connectivity index is 2.30. The van der Waals surface area contributed by atoms with E-state index in [0.29, 0.717) is 6.04 Å². The Hall–Kier alpha value is -0.860. The maximum absolute atomic E-state index is 5.99. The number of rotatable bonds is 5. The Labute approximate surface area is 86.5 Å². The van der Waals surface area contributed by atoms with Crippen molar-refractivity contribution in [1.29, 1.82) is 0 Å². The van der Waals surface area contributed by atoms with Crippen molar-refractivity contribution in [1.82, 2.24) is 5.32 Å². The molecule has 14 heavy (non-hydrogen) atoms. The van der Waals surface area contributed by atoms with Gasteiger partial charge in [-0.1, -0.05) is 44.2 Å². The maximum atomic E-state index is 5.99. The van der Waals surface area contributed by atoms with Crippen LogP contribution >= 0.6 is 0 Å². The van der Waals surface area contributed by atoms with Crippen LogP contribution in [-0.4, -0.2) is 18.6 Å². The molecule has 3 N–H and O–H groups in total. The van der Waals surface area contributed by atoms with Crippen LogP contribution in [0.15, 0.2) is 30.3 Å². The first kappa shape index (κ1) is 11.2. The molecule has 0 spiro atoms. The van der Waals surface area contributed by atoms with Crippen LogP contribution < -0.4 is 11.1 Å². The molecule has 0 aliphatic heterocycles. The molecule has 1 atom stereocenters. The molecule has 1 aromatic carbocycles. The van der Waals surface area contributed by atoms with Gasteiger partial charge in [0.25, 0.3) is 0 Å². The van der Waals surface area contributed by atoms with E-state index in [-0.39, 0.29) is 6.04 Å². The molecular weight excluding hydrogens is 172 g/mol. The fraction of sp³-hybridized carbons (Fsp3) is 0.500. The minimum Gasteiger partial charge on any atom is -0.326 e. The summed E-state index contributed by atoms with van der Waals surface area (Å²) in [5, 5.41) is 3.34. The van der Waals surface area contributed by atoms with E-state index < -0.39 is 0 Å². The van der Waals surface area contributed by atoms with Gasteiger partial charge in [-0.05, 0) is 12.0 Å². The van der Waals surface area contributed by atoms with Crippen LogP contribution in [0.1, 0.15) is 19.4 Å². The Morgan fingerprint density at radius 1 is 1.21 bits per heavy atom. The highest BCUT2D eigenvalue weighted by Gasteiger charge is 2.03. The zero-order valence-corrected chi connectivity index (χ0v) is 9.03. The third-order valence-electron chi connectivity index (χ3n) is 2.13. The van der Waals surface area contributed by atoms with E-state index in [9.17, 15) is 0 Å². The maximum Gasteiger partial charge on any atom is 0.0206 e. The lowest BCUT2D eigenvalue weighted by Gasteiger charge is -2.14. The average Bonchev–Trinajstić information content (AvgIpc) is 2.16. The summed E-state index contributed by atoms with van der Waals surface area (Å²) < 4.78 is 0. The van der Waals surface area contributed by atoms with Gasteiger partial charge in [-0.2, -0.15) is 0 Å². The molecule has 1 aromatic rings. The number of hydrogen-bond donors (Lipinski definition) is 2. The third-order valence-corrected chi connectivity index (χ3v) is 2.13. The summed E-state index contributed by atoms with van der Waals surface area (Å²) in [5.41, 5.74) is 7.30. The molecule has 1 rings (SSSR count). The predicted octanol–water partition coefficient (Wildman–Crippen LogP) is 1.55. The van der Waals surface area contributed by atoms with Crippen LogP contribution in [0.3, 0.4) is 0 Å². The molecule has 0 fully saturated rings. The van der Waals surface area contributed by atoms with Gasteiger partial charge >= 0.3 is 0 Å². The highest BCUT2D eigenvalue weighted by atomic mass is 14.9. The minimum absolute atomic E-state index is 0.208. The lowest BCUT2D eigenvalue weighted by atomic mass is 10.1. The van der Waals surface area contributed by atoms with Crippen LogP contribution in [0.4, 0.5) is 0 Å². The molecule has 2 nitrogen and oxygen atoms in total. The number of benzene rings is 1. The van der Waals surface area contributed by atoms with E-state index in [0.717, 1.165) is 13.0 Å². The summed E-state index contributed by atoms with van der Waals surface area (Å²) >= 11 is 0. The average molecular weight is 192 g/mol. The third kappa shape index (κ3) is 4.40. The standard InChI is InChI=1S/C12H20N2/c1-10(2)14-9-12(13)8-11-6-4-3-5-7-11/h3-7,10,12,14H,8-9,13H2,1-2H3. The topological polar surface area (TPSA) is 38.0 Å². The van der Waals surface area contributed by atoms with Crippen molar-refractivity contribution < 1.29 is 0 Å². The summed E-state index contributed by atoms with van der Waals surface area (Å²) in [6.45, 7) is 5.15. The van der Waals surface area contributed by atoms with Crippen LogP contribution in [0, 0.1) is 0 Å². The second-order valence-electron chi connectivity index (χ2n) is 4.01. The van der Waals surface area contributed by atoms with E-state index >= 15 is 0 Å². The highest BCUT2D eigenvalue weighted by molar-refractivity contribution is 5.15. The van der Waals surface area contributed by atoms with Gasteiger partial charge < -0.3 is 11.1 Å². The van der Waals surface area contributed by atoms with Gasteiger partial charge in [0.1, 0.15) is 0 Å². The van der Waals surface area contributed by atoms with Crippen LogP contribution in [-0.2, 0) is 6.42 Å². The molecule has 1 unspecified atom stereocenters. The number of nitrogens with one attached hydrogen (secondary N) is 1. The van der Waals surface area contributed by atoms with Crippen molar-refractivity contribution in [3.63, 3.8) is 0 Å². The Kier molecular flexibility index (Phi) is 4.63.